The summed E-state index contributed by atoms with van der Waals surface area (Å²) in [4.78, 5) is 0. The van der Waals surface area contributed by atoms with Crippen LogP contribution in [0.25, 0.3) is 0 Å². The van der Waals surface area contributed by atoms with Gasteiger partial charge < -0.3 is 5.32 Å². The highest BCUT2D eigenvalue weighted by Crippen LogP contribution is 2.37. The molecular formula is C14H27NO2S2. The Kier molecular flexibility index (Phi) is 5.61. The van der Waals surface area contributed by atoms with Crippen molar-refractivity contribution >= 4 is 21.6 Å². The molecule has 4 unspecified atom stereocenters. The maximum Gasteiger partial charge on any atom is 0.150 e. The topological polar surface area (TPSA) is 46.2 Å². The molecule has 0 spiro atoms. The molecule has 5 heteroatoms. The molecule has 2 aliphatic rings. The fraction of sp³-hybridized carbons (Fsp3) is 1.00. The molecule has 2 rings (SSSR count). The van der Waals surface area contributed by atoms with Crippen LogP contribution in [-0.2, 0) is 9.84 Å². The minimum Gasteiger partial charge on any atom is -0.316 e. The Bertz CT molecular complexity index is 377. The summed E-state index contributed by atoms with van der Waals surface area (Å²) in [7, 11) is -0.820. The van der Waals surface area contributed by atoms with Crippen LogP contribution in [-0.4, -0.2) is 44.0 Å². The number of nitrogens with one attached hydrogen (secondary N) is 1. The number of sulfone groups is 1. The Morgan fingerprint density at radius 1 is 1.16 bits per heavy atom. The smallest absolute Gasteiger partial charge is 0.150 e. The lowest BCUT2D eigenvalue weighted by atomic mass is 9.81. The molecule has 19 heavy (non-hydrogen) atoms. The number of rotatable bonds is 4. The highest BCUT2D eigenvalue weighted by Gasteiger charge is 2.36. The van der Waals surface area contributed by atoms with Crippen molar-refractivity contribution in [3.05, 3.63) is 0 Å². The molecule has 1 heterocycles. The SMILES string of the molecule is CNC(C1CCCC(S(C)(=O)=O)C1)C1CCCCS1. The minimum atomic E-state index is -2.87. The fourth-order valence-electron chi connectivity index (χ4n) is 3.67. The van der Waals surface area contributed by atoms with Crippen LogP contribution in [0.2, 0.25) is 0 Å². The molecule has 1 aliphatic carbocycles. The van der Waals surface area contributed by atoms with E-state index in [0.717, 1.165) is 19.3 Å². The van der Waals surface area contributed by atoms with Crippen LogP contribution in [0, 0.1) is 5.92 Å². The molecular weight excluding hydrogens is 278 g/mol. The first-order chi connectivity index (χ1) is 9.02. The largest absolute Gasteiger partial charge is 0.316 e. The van der Waals surface area contributed by atoms with Gasteiger partial charge in [-0.25, -0.2) is 8.42 Å². The van der Waals surface area contributed by atoms with E-state index >= 15 is 0 Å². The van der Waals surface area contributed by atoms with Crippen molar-refractivity contribution in [1.82, 2.24) is 5.32 Å². The third-order valence-electron chi connectivity index (χ3n) is 4.73. The normalized spacial score (nSPS) is 34.9. The second-order valence-corrected chi connectivity index (χ2v) is 9.77. The zero-order valence-electron chi connectivity index (χ0n) is 12.1. The van der Waals surface area contributed by atoms with Crippen LogP contribution in [0.4, 0.5) is 0 Å². The molecule has 2 fully saturated rings. The quantitative estimate of drug-likeness (QED) is 0.867. The molecule has 0 amide bonds. The molecule has 4 atom stereocenters. The fourth-order valence-corrected chi connectivity index (χ4v) is 6.43. The van der Waals surface area contributed by atoms with Gasteiger partial charge in [0.05, 0.1) is 5.25 Å². The lowest BCUT2D eigenvalue weighted by Gasteiger charge is -2.39. The third-order valence-corrected chi connectivity index (χ3v) is 7.85. The van der Waals surface area contributed by atoms with E-state index in [1.54, 1.807) is 0 Å². The van der Waals surface area contributed by atoms with E-state index in [2.05, 4.69) is 17.1 Å². The molecule has 0 aromatic carbocycles. The molecule has 1 aliphatic heterocycles. The van der Waals surface area contributed by atoms with Crippen molar-refractivity contribution in [1.29, 1.82) is 0 Å². The van der Waals surface area contributed by atoms with Crippen molar-refractivity contribution in [2.45, 2.75) is 61.5 Å². The Morgan fingerprint density at radius 3 is 2.53 bits per heavy atom. The van der Waals surface area contributed by atoms with Crippen molar-refractivity contribution in [3.63, 3.8) is 0 Å². The van der Waals surface area contributed by atoms with Crippen LogP contribution in [0.5, 0.6) is 0 Å². The lowest BCUT2D eigenvalue weighted by Crippen LogP contribution is -2.46. The zero-order valence-corrected chi connectivity index (χ0v) is 13.7. The van der Waals surface area contributed by atoms with Gasteiger partial charge in [-0.05, 0) is 50.8 Å². The van der Waals surface area contributed by atoms with Crippen LogP contribution in [0.15, 0.2) is 0 Å². The molecule has 1 saturated carbocycles. The maximum atomic E-state index is 11.8. The van der Waals surface area contributed by atoms with Crippen molar-refractivity contribution in [3.8, 4) is 0 Å². The molecule has 1 saturated heterocycles. The van der Waals surface area contributed by atoms with E-state index in [9.17, 15) is 8.42 Å². The number of thioether (sulfide) groups is 1. The predicted molar refractivity (Wildman–Crippen MR) is 83.5 cm³/mol. The van der Waals surface area contributed by atoms with Gasteiger partial charge in [-0.1, -0.05) is 12.8 Å². The predicted octanol–water partition coefficient (Wildman–Crippen LogP) is 2.46. The second-order valence-electron chi connectivity index (χ2n) is 6.10. The van der Waals surface area contributed by atoms with Crippen molar-refractivity contribution in [2.75, 3.05) is 19.1 Å². The van der Waals surface area contributed by atoms with Crippen LogP contribution >= 0.6 is 11.8 Å². The van der Waals surface area contributed by atoms with Gasteiger partial charge in [-0.3, -0.25) is 0 Å². The van der Waals surface area contributed by atoms with E-state index in [1.165, 1.54) is 37.7 Å². The van der Waals surface area contributed by atoms with Gasteiger partial charge in [0.25, 0.3) is 0 Å². The summed E-state index contributed by atoms with van der Waals surface area (Å²) in [5.41, 5.74) is 0. The van der Waals surface area contributed by atoms with E-state index < -0.39 is 9.84 Å². The van der Waals surface area contributed by atoms with Gasteiger partial charge in [0.2, 0.25) is 0 Å². The monoisotopic (exact) mass is 305 g/mol. The molecule has 0 aromatic heterocycles. The van der Waals surface area contributed by atoms with E-state index in [-0.39, 0.29) is 5.25 Å². The number of hydrogen-bond donors (Lipinski definition) is 1. The van der Waals surface area contributed by atoms with E-state index in [4.69, 9.17) is 0 Å². The summed E-state index contributed by atoms with van der Waals surface area (Å²) in [6, 6.07) is 0.495. The average Bonchev–Trinajstić information content (AvgIpc) is 2.40. The molecule has 112 valence electrons. The number of hydrogen-bond acceptors (Lipinski definition) is 4. The Morgan fingerprint density at radius 2 is 1.95 bits per heavy atom. The van der Waals surface area contributed by atoms with Gasteiger partial charge in [0.15, 0.2) is 0 Å². The van der Waals surface area contributed by atoms with Gasteiger partial charge in [0, 0.05) is 17.5 Å². The first-order valence-corrected chi connectivity index (χ1v) is 10.5. The summed E-state index contributed by atoms with van der Waals surface area (Å²) >= 11 is 2.09. The molecule has 1 N–H and O–H groups in total. The lowest BCUT2D eigenvalue weighted by molar-refractivity contribution is 0.268. The standard InChI is InChI=1S/C14H27NO2S2/c1-15-14(13-8-3-4-9-18-13)11-6-5-7-12(10-11)19(2,16)17/h11-15H,3-10H2,1-2H3. The Labute approximate surface area is 122 Å². The molecule has 0 bridgehead atoms. The van der Waals surface area contributed by atoms with Gasteiger partial charge in [-0.2, -0.15) is 11.8 Å². The Hall–Kier alpha value is 0.260. The highest BCUT2D eigenvalue weighted by molar-refractivity contribution is 8.00. The highest BCUT2D eigenvalue weighted by atomic mass is 32.2. The van der Waals surface area contributed by atoms with E-state index in [1.807, 2.05) is 7.05 Å². The molecule has 3 nitrogen and oxygen atoms in total. The zero-order chi connectivity index (χ0) is 13.9. The minimum absolute atomic E-state index is 0.101. The Balaban J connectivity index is 2.01. The van der Waals surface area contributed by atoms with Crippen LogP contribution in [0.3, 0.4) is 0 Å². The first kappa shape index (κ1) is 15.6. The van der Waals surface area contributed by atoms with E-state index in [0.29, 0.717) is 17.2 Å². The summed E-state index contributed by atoms with van der Waals surface area (Å²) in [6.07, 6.45) is 9.35. The first-order valence-electron chi connectivity index (χ1n) is 7.50. The summed E-state index contributed by atoms with van der Waals surface area (Å²) in [5.74, 6) is 1.81. The molecule has 0 radical (unpaired) electrons. The van der Waals surface area contributed by atoms with Gasteiger partial charge >= 0.3 is 0 Å². The van der Waals surface area contributed by atoms with Crippen molar-refractivity contribution < 1.29 is 8.42 Å². The summed E-state index contributed by atoms with van der Waals surface area (Å²) in [5, 5.41) is 4.08. The van der Waals surface area contributed by atoms with Gasteiger partial charge in [0.1, 0.15) is 9.84 Å². The van der Waals surface area contributed by atoms with Gasteiger partial charge in [-0.15, -0.1) is 0 Å². The van der Waals surface area contributed by atoms with Crippen LogP contribution < -0.4 is 5.32 Å². The third kappa shape index (κ3) is 4.11. The average molecular weight is 306 g/mol. The maximum absolute atomic E-state index is 11.8. The second kappa shape index (κ2) is 6.81. The summed E-state index contributed by atoms with van der Waals surface area (Å²) in [6.45, 7) is 0. The van der Waals surface area contributed by atoms with Crippen molar-refractivity contribution in [2.24, 2.45) is 5.92 Å². The molecule has 0 aromatic rings. The van der Waals surface area contributed by atoms with Crippen LogP contribution in [0.1, 0.15) is 44.9 Å². The summed E-state index contributed by atoms with van der Waals surface area (Å²) < 4.78 is 23.6.